The summed E-state index contributed by atoms with van der Waals surface area (Å²) in [6.45, 7) is 2.21. The Morgan fingerprint density at radius 2 is 0.929 bits per heavy atom. The van der Waals surface area contributed by atoms with Gasteiger partial charge in [0.05, 0.1) is 23.6 Å². The standard InChI is InChI=1S/C39H28N3/c1-25-13-3-4-14-26(25)39-40(2)35-23-11-19-31-28-16-6-5-15-27(28)29-17-7-9-21-33(29)41-34-22-10-8-18-30(34)32-20-12-24-36(38(32)41)42(39)37(31)35/h3-24H,1-2H3/q+1. The minimum Gasteiger partial charge on any atom is -0.305 e. The Hall–Kier alpha value is -5.41. The maximum Gasteiger partial charge on any atom is 0.295 e. The highest BCUT2D eigenvalue weighted by molar-refractivity contribution is 6.20. The second kappa shape index (κ2) is 8.55. The Morgan fingerprint density at radius 3 is 1.64 bits per heavy atom. The third-order valence-electron chi connectivity index (χ3n) is 9.08. The molecule has 0 aliphatic carbocycles. The zero-order chi connectivity index (χ0) is 27.9. The first-order chi connectivity index (χ1) is 20.7. The molecule has 0 saturated carbocycles. The van der Waals surface area contributed by atoms with Crippen LogP contribution in [-0.2, 0) is 7.05 Å². The van der Waals surface area contributed by atoms with Gasteiger partial charge in [0.25, 0.3) is 5.82 Å². The average molecular weight is 539 g/mol. The van der Waals surface area contributed by atoms with Crippen molar-refractivity contribution >= 4 is 65.4 Å². The fourth-order valence-electron chi connectivity index (χ4n) is 7.26. The third-order valence-corrected chi connectivity index (χ3v) is 9.08. The lowest BCUT2D eigenvalue weighted by atomic mass is 10.0. The molecule has 0 atom stereocenters. The first-order valence-corrected chi connectivity index (χ1v) is 14.5. The molecule has 0 fully saturated rings. The first-order valence-electron chi connectivity index (χ1n) is 14.5. The number of imidazole rings is 1. The van der Waals surface area contributed by atoms with Gasteiger partial charge >= 0.3 is 0 Å². The molecule has 9 aromatic rings. The molecule has 3 nitrogen and oxygen atoms in total. The van der Waals surface area contributed by atoms with Gasteiger partial charge in [0.15, 0.2) is 16.6 Å². The van der Waals surface area contributed by atoms with Crippen molar-refractivity contribution in [2.24, 2.45) is 7.05 Å². The van der Waals surface area contributed by atoms with Crippen molar-refractivity contribution in [3.05, 3.63) is 139 Å². The molecular formula is C39H28N3+. The van der Waals surface area contributed by atoms with E-state index in [1.54, 1.807) is 0 Å². The topological polar surface area (TPSA) is 12.7 Å². The molecule has 3 heterocycles. The molecule has 0 aliphatic heterocycles. The Morgan fingerprint density at radius 1 is 0.429 bits per heavy atom. The lowest BCUT2D eigenvalue weighted by molar-refractivity contribution is -0.633. The van der Waals surface area contributed by atoms with E-state index in [9.17, 15) is 0 Å². The molecule has 0 amide bonds. The van der Waals surface area contributed by atoms with Crippen molar-refractivity contribution in [2.45, 2.75) is 6.92 Å². The maximum atomic E-state index is 2.52. The van der Waals surface area contributed by atoms with Crippen LogP contribution >= 0.6 is 0 Å². The second-order valence-corrected chi connectivity index (χ2v) is 11.3. The van der Waals surface area contributed by atoms with Crippen molar-refractivity contribution in [3.8, 4) is 11.4 Å². The zero-order valence-corrected chi connectivity index (χ0v) is 23.5. The van der Waals surface area contributed by atoms with Crippen LogP contribution in [0.4, 0.5) is 0 Å². The van der Waals surface area contributed by atoms with Gasteiger partial charge in [-0.05, 0) is 59.7 Å². The van der Waals surface area contributed by atoms with Gasteiger partial charge in [0.2, 0.25) is 0 Å². The monoisotopic (exact) mass is 538 g/mol. The van der Waals surface area contributed by atoms with Crippen LogP contribution in [0.1, 0.15) is 5.56 Å². The van der Waals surface area contributed by atoms with Crippen LogP contribution in [0.25, 0.3) is 76.8 Å². The van der Waals surface area contributed by atoms with E-state index in [4.69, 9.17) is 0 Å². The fourth-order valence-corrected chi connectivity index (χ4v) is 7.26. The lowest BCUT2D eigenvalue weighted by Crippen LogP contribution is -2.29. The second-order valence-electron chi connectivity index (χ2n) is 11.3. The van der Waals surface area contributed by atoms with Gasteiger partial charge < -0.3 is 4.40 Å². The van der Waals surface area contributed by atoms with Crippen molar-refractivity contribution in [1.82, 2.24) is 8.80 Å². The smallest absolute Gasteiger partial charge is 0.295 e. The SMILES string of the molecule is Cc1ccccc1-c1n2c3cccc4c5ccccc5n(c5ccccc5c5ccccc5c5cccc(c52)[n+]1C)c43. The molecule has 0 N–H and O–H groups in total. The fraction of sp³-hybridized carbons (Fsp3) is 0.0513. The molecule has 42 heavy (non-hydrogen) atoms. The van der Waals surface area contributed by atoms with E-state index >= 15 is 0 Å². The highest BCUT2D eigenvalue weighted by Gasteiger charge is 2.27. The summed E-state index contributed by atoms with van der Waals surface area (Å²) in [5.74, 6) is 1.17. The van der Waals surface area contributed by atoms with Crippen LogP contribution < -0.4 is 4.57 Å². The molecule has 9 rings (SSSR count). The van der Waals surface area contributed by atoms with Crippen LogP contribution in [0, 0.1) is 6.92 Å². The summed E-state index contributed by atoms with van der Waals surface area (Å²) in [7, 11) is 2.21. The van der Waals surface area contributed by atoms with Gasteiger partial charge in [0.1, 0.15) is 5.52 Å². The Kier molecular flexibility index (Phi) is 4.74. The number of para-hydroxylation sites is 4. The molecular weight excluding hydrogens is 510 g/mol. The highest BCUT2D eigenvalue weighted by Crippen LogP contribution is 2.38. The van der Waals surface area contributed by atoms with Crippen LogP contribution in [0.15, 0.2) is 133 Å². The first kappa shape index (κ1) is 23.3. The third kappa shape index (κ3) is 2.97. The number of rotatable bonds is 1. The summed E-state index contributed by atoms with van der Waals surface area (Å²) >= 11 is 0. The molecule has 0 saturated heterocycles. The molecule has 0 bridgehead atoms. The largest absolute Gasteiger partial charge is 0.305 e. The van der Waals surface area contributed by atoms with Gasteiger partial charge in [-0.15, -0.1) is 0 Å². The summed E-state index contributed by atoms with van der Waals surface area (Å²) in [5.41, 5.74) is 9.69. The van der Waals surface area contributed by atoms with Gasteiger partial charge in [-0.1, -0.05) is 97.1 Å². The molecule has 0 radical (unpaired) electrons. The Bertz CT molecular complexity index is 2600. The highest BCUT2D eigenvalue weighted by atomic mass is 15.1. The molecule has 6 aromatic carbocycles. The summed E-state index contributed by atoms with van der Waals surface area (Å²) < 4.78 is 7.39. The number of hydrogen-bond donors (Lipinski definition) is 0. The number of nitrogens with zero attached hydrogens (tertiary/aromatic N) is 3. The van der Waals surface area contributed by atoms with Gasteiger partial charge in [-0.3, -0.25) is 0 Å². The maximum absolute atomic E-state index is 2.52. The number of fused-ring (bicyclic) bond motifs is 9. The summed E-state index contributed by atoms with van der Waals surface area (Å²) in [6, 6.07) is 48.9. The molecule has 0 spiro atoms. The number of benzene rings is 6. The van der Waals surface area contributed by atoms with E-state index in [0.717, 1.165) is 0 Å². The zero-order valence-electron chi connectivity index (χ0n) is 23.5. The van der Waals surface area contributed by atoms with Gasteiger partial charge in [-0.25, -0.2) is 4.57 Å². The van der Waals surface area contributed by atoms with E-state index in [-0.39, 0.29) is 0 Å². The van der Waals surface area contributed by atoms with E-state index in [1.807, 2.05) is 0 Å². The van der Waals surface area contributed by atoms with Crippen LogP contribution in [-0.4, -0.2) is 8.80 Å². The van der Waals surface area contributed by atoms with Crippen LogP contribution in [0.5, 0.6) is 0 Å². The normalized spacial score (nSPS) is 12.0. The van der Waals surface area contributed by atoms with E-state index in [0.29, 0.717) is 0 Å². The van der Waals surface area contributed by atoms with E-state index < -0.39 is 0 Å². The van der Waals surface area contributed by atoms with Crippen molar-refractivity contribution < 1.29 is 4.57 Å². The molecule has 3 heteroatoms. The Labute approximate surface area is 242 Å². The number of aromatic nitrogens is 3. The van der Waals surface area contributed by atoms with E-state index in [1.165, 1.54) is 82.4 Å². The quantitative estimate of drug-likeness (QED) is 0.185. The average Bonchev–Trinajstić information content (AvgIpc) is 3.53. The predicted molar refractivity (Wildman–Crippen MR) is 176 cm³/mol. The predicted octanol–water partition coefficient (Wildman–Crippen LogP) is 9.32. The summed E-state index contributed by atoms with van der Waals surface area (Å²) in [4.78, 5) is 0. The molecule has 3 aromatic heterocycles. The molecule has 0 unspecified atom stereocenters. The van der Waals surface area contributed by atoms with Crippen molar-refractivity contribution in [3.63, 3.8) is 0 Å². The van der Waals surface area contributed by atoms with Gasteiger partial charge in [0, 0.05) is 21.5 Å². The Balaban J connectivity index is 1.77. The summed E-state index contributed by atoms with van der Waals surface area (Å²) in [5, 5.41) is 7.44. The number of aryl methyl sites for hydroxylation is 2. The van der Waals surface area contributed by atoms with Crippen LogP contribution in [0.2, 0.25) is 0 Å². The molecule has 198 valence electrons. The van der Waals surface area contributed by atoms with Gasteiger partial charge in [-0.2, -0.15) is 4.40 Å². The minimum atomic E-state index is 1.17. The van der Waals surface area contributed by atoms with E-state index in [2.05, 4.69) is 161 Å². The lowest BCUT2D eigenvalue weighted by Gasteiger charge is -2.08. The van der Waals surface area contributed by atoms with Crippen LogP contribution in [0.3, 0.4) is 0 Å². The van der Waals surface area contributed by atoms with Crippen molar-refractivity contribution in [2.75, 3.05) is 0 Å². The summed E-state index contributed by atoms with van der Waals surface area (Å²) in [6.07, 6.45) is 0. The number of hydrogen-bond acceptors (Lipinski definition) is 0. The molecule has 0 aliphatic rings. The van der Waals surface area contributed by atoms with Crippen molar-refractivity contribution in [1.29, 1.82) is 0 Å². The minimum absolute atomic E-state index is 1.17.